The SMILES string of the molecule is CCC(CC)C(N)CNC(=O)C1CCOC1. The van der Waals surface area contributed by atoms with E-state index in [4.69, 9.17) is 10.5 Å². The van der Waals surface area contributed by atoms with Crippen molar-refractivity contribution < 1.29 is 9.53 Å². The Morgan fingerprint density at radius 3 is 2.69 bits per heavy atom. The summed E-state index contributed by atoms with van der Waals surface area (Å²) in [6, 6.07) is 0.0706. The van der Waals surface area contributed by atoms with Gasteiger partial charge in [0.25, 0.3) is 0 Å². The first-order valence-electron chi connectivity index (χ1n) is 6.30. The first-order valence-corrected chi connectivity index (χ1v) is 6.30. The molecule has 1 rings (SSSR count). The quantitative estimate of drug-likeness (QED) is 0.710. The predicted octanol–water partition coefficient (Wildman–Crippen LogP) is 0.903. The molecule has 2 unspecified atom stereocenters. The Kier molecular flexibility index (Phi) is 5.77. The molecule has 0 saturated carbocycles. The van der Waals surface area contributed by atoms with Gasteiger partial charge in [0, 0.05) is 19.2 Å². The summed E-state index contributed by atoms with van der Waals surface area (Å²) in [5.41, 5.74) is 6.04. The summed E-state index contributed by atoms with van der Waals surface area (Å²) >= 11 is 0. The highest BCUT2D eigenvalue weighted by molar-refractivity contribution is 5.79. The van der Waals surface area contributed by atoms with E-state index in [1.165, 1.54) is 0 Å². The average molecular weight is 228 g/mol. The molecule has 1 fully saturated rings. The fourth-order valence-electron chi connectivity index (χ4n) is 2.16. The Labute approximate surface area is 97.9 Å². The van der Waals surface area contributed by atoms with E-state index in [0.717, 1.165) is 19.3 Å². The molecule has 1 amide bonds. The van der Waals surface area contributed by atoms with Crippen molar-refractivity contribution in [3.63, 3.8) is 0 Å². The van der Waals surface area contributed by atoms with Gasteiger partial charge < -0.3 is 15.8 Å². The summed E-state index contributed by atoms with van der Waals surface area (Å²) in [6.45, 7) is 6.13. The van der Waals surface area contributed by atoms with Crippen LogP contribution in [0.3, 0.4) is 0 Å². The van der Waals surface area contributed by atoms with Gasteiger partial charge in [0.2, 0.25) is 5.91 Å². The first-order chi connectivity index (χ1) is 7.69. The fraction of sp³-hybridized carbons (Fsp3) is 0.917. The maximum atomic E-state index is 11.7. The van der Waals surface area contributed by atoms with Gasteiger partial charge >= 0.3 is 0 Å². The van der Waals surface area contributed by atoms with E-state index in [0.29, 0.717) is 25.7 Å². The van der Waals surface area contributed by atoms with E-state index in [-0.39, 0.29) is 17.9 Å². The van der Waals surface area contributed by atoms with E-state index in [2.05, 4.69) is 19.2 Å². The first kappa shape index (κ1) is 13.5. The van der Waals surface area contributed by atoms with Gasteiger partial charge in [-0.2, -0.15) is 0 Å². The van der Waals surface area contributed by atoms with Gasteiger partial charge in [-0.25, -0.2) is 0 Å². The monoisotopic (exact) mass is 228 g/mol. The molecule has 1 aliphatic heterocycles. The molecule has 0 spiro atoms. The molecule has 16 heavy (non-hydrogen) atoms. The van der Waals surface area contributed by atoms with Gasteiger partial charge in [-0.3, -0.25) is 4.79 Å². The van der Waals surface area contributed by atoms with E-state index in [9.17, 15) is 4.79 Å². The smallest absolute Gasteiger partial charge is 0.225 e. The molecule has 0 aromatic carbocycles. The molecule has 4 heteroatoms. The zero-order valence-electron chi connectivity index (χ0n) is 10.4. The molecule has 0 radical (unpaired) electrons. The lowest BCUT2D eigenvalue weighted by Crippen LogP contribution is -2.43. The molecule has 1 saturated heterocycles. The molecular weight excluding hydrogens is 204 g/mol. The Balaban J connectivity index is 2.24. The van der Waals surface area contributed by atoms with Crippen LogP contribution in [0, 0.1) is 11.8 Å². The van der Waals surface area contributed by atoms with Gasteiger partial charge in [0.05, 0.1) is 12.5 Å². The highest BCUT2D eigenvalue weighted by Gasteiger charge is 2.24. The topological polar surface area (TPSA) is 64.3 Å². The maximum absolute atomic E-state index is 11.7. The minimum absolute atomic E-state index is 0.0360. The van der Waals surface area contributed by atoms with Crippen LogP contribution in [0.1, 0.15) is 33.1 Å². The summed E-state index contributed by atoms with van der Waals surface area (Å²) < 4.78 is 5.18. The lowest BCUT2D eigenvalue weighted by molar-refractivity contribution is -0.125. The van der Waals surface area contributed by atoms with E-state index < -0.39 is 0 Å². The Morgan fingerprint density at radius 1 is 1.50 bits per heavy atom. The number of carbonyl (C=O) groups excluding carboxylic acids is 1. The van der Waals surface area contributed by atoms with Crippen LogP contribution in [-0.2, 0) is 9.53 Å². The molecule has 1 aliphatic rings. The summed E-state index contributed by atoms with van der Waals surface area (Å²) in [6.07, 6.45) is 2.98. The minimum atomic E-state index is 0.0360. The molecule has 0 aromatic heterocycles. The molecule has 4 nitrogen and oxygen atoms in total. The van der Waals surface area contributed by atoms with Crippen LogP contribution in [0.15, 0.2) is 0 Å². The zero-order valence-corrected chi connectivity index (χ0v) is 10.4. The Bertz CT molecular complexity index is 211. The predicted molar refractivity (Wildman–Crippen MR) is 64.0 cm³/mol. The van der Waals surface area contributed by atoms with Crippen LogP contribution >= 0.6 is 0 Å². The highest BCUT2D eigenvalue weighted by Crippen LogP contribution is 2.13. The van der Waals surface area contributed by atoms with Crippen molar-refractivity contribution in [3.8, 4) is 0 Å². The largest absolute Gasteiger partial charge is 0.381 e. The number of amides is 1. The van der Waals surface area contributed by atoms with E-state index in [1.807, 2.05) is 0 Å². The second-order valence-corrected chi connectivity index (χ2v) is 4.55. The van der Waals surface area contributed by atoms with Crippen molar-refractivity contribution in [1.82, 2.24) is 5.32 Å². The molecule has 3 N–H and O–H groups in total. The van der Waals surface area contributed by atoms with Crippen LogP contribution in [0.25, 0.3) is 0 Å². The summed E-state index contributed by atoms with van der Waals surface area (Å²) in [5, 5.41) is 2.93. The third-order valence-electron chi connectivity index (χ3n) is 3.47. The summed E-state index contributed by atoms with van der Waals surface area (Å²) in [4.78, 5) is 11.7. The van der Waals surface area contributed by atoms with Crippen LogP contribution in [0.4, 0.5) is 0 Å². The van der Waals surface area contributed by atoms with E-state index in [1.54, 1.807) is 0 Å². The number of nitrogens with one attached hydrogen (secondary N) is 1. The molecule has 0 bridgehead atoms. The van der Waals surface area contributed by atoms with Gasteiger partial charge in [-0.1, -0.05) is 26.7 Å². The lowest BCUT2D eigenvalue weighted by atomic mass is 9.94. The van der Waals surface area contributed by atoms with Crippen LogP contribution < -0.4 is 11.1 Å². The number of rotatable bonds is 6. The molecular formula is C12H24N2O2. The number of carbonyl (C=O) groups is 1. The second-order valence-electron chi connectivity index (χ2n) is 4.55. The highest BCUT2D eigenvalue weighted by atomic mass is 16.5. The molecule has 94 valence electrons. The third kappa shape index (κ3) is 3.76. The van der Waals surface area contributed by atoms with Crippen LogP contribution in [0.5, 0.6) is 0 Å². The number of nitrogens with two attached hydrogens (primary N) is 1. The number of ether oxygens (including phenoxy) is 1. The normalized spacial score (nSPS) is 22.4. The third-order valence-corrected chi connectivity index (χ3v) is 3.47. The molecule has 1 heterocycles. The van der Waals surface area contributed by atoms with Crippen molar-refractivity contribution in [3.05, 3.63) is 0 Å². The van der Waals surface area contributed by atoms with Gasteiger partial charge in [-0.05, 0) is 12.3 Å². The Morgan fingerprint density at radius 2 is 2.19 bits per heavy atom. The van der Waals surface area contributed by atoms with E-state index >= 15 is 0 Å². The summed E-state index contributed by atoms with van der Waals surface area (Å²) in [5.74, 6) is 0.632. The zero-order chi connectivity index (χ0) is 12.0. The number of hydrogen-bond donors (Lipinski definition) is 2. The van der Waals surface area contributed by atoms with Gasteiger partial charge in [0.15, 0.2) is 0 Å². The van der Waals surface area contributed by atoms with Crippen LogP contribution in [0.2, 0.25) is 0 Å². The minimum Gasteiger partial charge on any atom is -0.381 e. The fourth-order valence-corrected chi connectivity index (χ4v) is 2.16. The van der Waals surface area contributed by atoms with Crippen molar-refractivity contribution >= 4 is 5.91 Å². The number of hydrogen-bond acceptors (Lipinski definition) is 3. The van der Waals surface area contributed by atoms with Crippen LogP contribution in [-0.4, -0.2) is 31.7 Å². The van der Waals surface area contributed by atoms with Crippen molar-refractivity contribution in [2.24, 2.45) is 17.6 Å². The van der Waals surface area contributed by atoms with Gasteiger partial charge in [-0.15, -0.1) is 0 Å². The summed E-state index contributed by atoms with van der Waals surface area (Å²) in [7, 11) is 0. The molecule has 2 atom stereocenters. The Hall–Kier alpha value is -0.610. The van der Waals surface area contributed by atoms with Crippen molar-refractivity contribution in [2.45, 2.75) is 39.2 Å². The van der Waals surface area contributed by atoms with Crippen molar-refractivity contribution in [1.29, 1.82) is 0 Å². The maximum Gasteiger partial charge on any atom is 0.225 e. The van der Waals surface area contributed by atoms with Crippen molar-refractivity contribution in [2.75, 3.05) is 19.8 Å². The standard InChI is InChI=1S/C12H24N2O2/c1-3-9(4-2)11(13)7-14-12(15)10-5-6-16-8-10/h9-11H,3-8,13H2,1-2H3,(H,14,15). The average Bonchev–Trinajstić information content (AvgIpc) is 2.81. The van der Waals surface area contributed by atoms with Gasteiger partial charge in [0.1, 0.15) is 0 Å². The second kappa shape index (κ2) is 6.86. The molecule has 0 aromatic rings. The lowest BCUT2D eigenvalue weighted by Gasteiger charge is -2.22. The molecule has 0 aliphatic carbocycles.